The van der Waals surface area contributed by atoms with E-state index in [-0.39, 0.29) is 25.7 Å². The van der Waals surface area contributed by atoms with Gasteiger partial charge >= 0.3 is 39.5 Å². The van der Waals surface area contributed by atoms with Gasteiger partial charge in [0.2, 0.25) is 0 Å². The number of unbranched alkanes of at least 4 members (excludes halogenated alkanes) is 34. The number of phosphoric ester groups is 2. The maximum absolute atomic E-state index is 13.0. The Morgan fingerprint density at radius 1 is 0.308 bits per heavy atom. The average molecular weight is 1340 g/mol. The number of carbonyl (C=O) groups excluding carboxylic acids is 4. The lowest BCUT2D eigenvalue weighted by atomic mass is 9.99. The van der Waals surface area contributed by atoms with Crippen LogP contribution in [0.5, 0.6) is 0 Å². The van der Waals surface area contributed by atoms with Crippen LogP contribution in [0.15, 0.2) is 0 Å². The molecule has 6 atom stereocenters. The summed E-state index contributed by atoms with van der Waals surface area (Å²) in [6.45, 7) is 14.0. The summed E-state index contributed by atoms with van der Waals surface area (Å²) in [5.74, 6) is 0.808. The molecule has 19 heteroatoms. The molecule has 3 N–H and O–H groups in total. The van der Waals surface area contributed by atoms with Crippen molar-refractivity contribution in [3.05, 3.63) is 0 Å². The highest BCUT2D eigenvalue weighted by molar-refractivity contribution is 7.47. The van der Waals surface area contributed by atoms with Crippen LogP contribution in [0.1, 0.15) is 357 Å². The molecule has 0 fully saturated rings. The van der Waals surface area contributed by atoms with Crippen LogP contribution in [0, 0.1) is 23.7 Å². The van der Waals surface area contributed by atoms with Gasteiger partial charge in [-0.05, 0) is 49.4 Å². The van der Waals surface area contributed by atoms with Crippen LogP contribution in [0.2, 0.25) is 0 Å². The fraction of sp³-hybridized carbons (Fsp3) is 0.944. The largest absolute Gasteiger partial charge is 0.472 e. The number of hydrogen-bond donors (Lipinski definition) is 3. The van der Waals surface area contributed by atoms with Crippen molar-refractivity contribution in [2.24, 2.45) is 23.7 Å². The maximum atomic E-state index is 13.0. The molecule has 17 nitrogen and oxygen atoms in total. The monoisotopic (exact) mass is 1340 g/mol. The molecule has 0 radical (unpaired) electrons. The Morgan fingerprint density at radius 3 is 0.780 bits per heavy atom. The molecule has 0 aromatic rings. The zero-order valence-corrected chi connectivity index (χ0v) is 61.3. The van der Waals surface area contributed by atoms with Gasteiger partial charge in [0.25, 0.3) is 0 Å². The van der Waals surface area contributed by atoms with Crippen LogP contribution in [0.4, 0.5) is 0 Å². The Kier molecular flexibility index (Phi) is 60.3. The zero-order valence-electron chi connectivity index (χ0n) is 59.5. The molecule has 0 aromatic heterocycles. The lowest BCUT2D eigenvalue weighted by Gasteiger charge is -2.21. The quantitative estimate of drug-likeness (QED) is 0.0222. The van der Waals surface area contributed by atoms with Gasteiger partial charge in [0.1, 0.15) is 19.3 Å². The van der Waals surface area contributed by atoms with Crippen molar-refractivity contribution in [1.82, 2.24) is 0 Å². The first-order valence-electron chi connectivity index (χ1n) is 37.2. The SMILES string of the molecule is CCC(C)CCCCCCCCCCCCCCCCCCCCC(=O)OC[C@H](COP(=O)(O)OCC(O)COP(=O)(O)OC[C@@H](COC(=O)CCCCCCCCCC(C)C)OC(=O)CCCCCCCCCC(C)C)OC(=O)CCCCCCCCC(C)C. The summed E-state index contributed by atoms with van der Waals surface area (Å²) in [6, 6.07) is 0. The predicted octanol–water partition coefficient (Wildman–Crippen LogP) is 20.5. The number of rotatable bonds is 69. The average Bonchev–Trinajstić information content (AvgIpc) is 3.05. The minimum Gasteiger partial charge on any atom is -0.462 e. The summed E-state index contributed by atoms with van der Waals surface area (Å²) < 4.78 is 68.2. The second kappa shape index (κ2) is 61.6. The minimum atomic E-state index is -4.95. The number of esters is 4. The smallest absolute Gasteiger partial charge is 0.462 e. The molecule has 0 rings (SSSR count). The molecule has 0 aromatic carbocycles. The van der Waals surface area contributed by atoms with Crippen LogP contribution in [0.3, 0.4) is 0 Å². The summed E-state index contributed by atoms with van der Waals surface area (Å²) >= 11 is 0. The van der Waals surface area contributed by atoms with Gasteiger partial charge in [-0.25, -0.2) is 9.13 Å². The van der Waals surface area contributed by atoms with E-state index in [1.807, 2.05) is 0 Å². The van der Waals surface area contributed by atoms with Gasteiger partial charge in [-0.2, -0.15) is 0 Å². The molecular weight excluding hydrogens is 1200 g/mol. The van der Waals surface area contributed by atoms with Gasteiger partial charge in [-0.15, -0.1) is 0 Å². The summed E-state index contributed by atoms with van der Waals surface area (Å²) in [5.41, 5.74) is 0. The molecule has 0 amide bonds. The highest BCUT2D eigenvalue weighted by atomic mass is 31.2. The number of hydrogen-bond acceptors (Lipinski definition) is 15. The molecule has 0 saturated heterocycles. The lowest BCUT2D eigenvalue weighted by Crippen LogP contribution is -2.30. The number of aliphatic hydroxyl groups excluding tert-OH is 1. The topological polar surface area (TPSA) is 237 Å². The predicted molar refractivity (Wildman–Crippen MR) is 367 cm³/mol. The van der Waals surface area contributed by atoms with Crippen LogP contribution in [0.25, 0.3) is 0 Å². The first kappa shape index (κ1) is 89.1. The minimum absolute atomic E-state index is 0.102. The summed E-state index contributed by atoms with van der Waals surface area (Å²) in [4.78, 5) is 72.4. The Hall–Kier alpha value is -1.94. The molecule has 0 aliphatic carbocycles. The standard InChI is InChI=1S/C72H140O17P2/c1-9-65(8)51-43-35-26-20-18-16-14-12-10-11-13-15-17-19-21-27-36-44-52-69(74)82-59-68(89-72(77)55-47-39-31-30-34-42-50-64(6)7)61-87-91(80,81)85-57-66(73)56-84-90(78,79)86-60-67(88-71(76)54-46-38-29-23-25-33-41-49-63(4)5)58-83-70(75)53-45-37-28-22-24-32-40-48-62(2)3/h62-68,73H,9-61H2,1-8H3,(H,78,79)(H,80,81)/t65?,66?,67-,68-/m1/s1. The molecule has 0 bridgehead atoms. The number of phosphoric acid groups is 2. The second-order valence-electron chi connectivity index (χ2n) is 27.6. The van der Waals surface area contributed by atoms with Crippen LogP contribution in [-0.2, 0) is 65.4 Å². The zero-order chi connectivity index (χ0) is 67.5. The number of carbonyl (C=O) groups is 4. The molecule has 0 saturated carbocycles. The Morgan fingerprint density at radius 2 is 0.527 bits per heavy atom. The number of aliphatic hydroxyl groups is 1. The van der Waals surface area contributed by atoms with Crippen molar-refractivity contribution < 1.29 is 80.2 Å². The summed E-state index contributed by atoms with van der Waals surface area (Å²) in [7, 11) is -9.90. The normalized spacial score (nSPS) is 14.5. The van der Waals surface area contributed by atoms with Gasteiger partial charge in [-0.1, -0.05) is 306 Å². The van der Waals surface area contributed by atoms with E-state index >= 15 is 0 Å². The highest BCUT2D eigenvalue weighted by Gasteiger charge is 2.30. The van der Waals surface area contributed by atoms with Crippen molar-refractivity contribution in [2.45, 2.75) is 375 Å². The number of ether oxygens (including phenoxy) is 4. The first-order valence-corrected chi connectivity index (χ1v) is 40.2. The first-order chi connectivity index (χ1) is 43.6. The van der Waals surface area contributed by atoms with Gasteiger partial charge in [0, 0.05) is 25.7 Å². The van der Waals surface area contributed by atoms with E-state index in [0.717, 1.165) is 102 Å². The van der Waals surface area contributed by atoms with Crippen molar-refractivity contribution >= 4 is 39.5 Å². The van der Waals surface area contributed by atoms with E-state index in [9.17, 15) is 43.2 Å². The molecule has 540 valence electrons. The molecule has 0 aliphatic heterocycles. The lowest BCUT2D eigenvalue weighted by molar-refractivity contribution is -0.161. The van der Waals surface area contributed by atoms with E-state index < -0.39 is 97.5 Å². The molecular formula is C72H140O17P2. The molecule has 0 aliphatic rings. The second-order valence-corrected chi connectivity index (χ2v) is 30.6. The van der Waals surface area contributed by atoms with Gasteiger partial charge in [-0.3, -0.25) is 37.3 Å². The van der Waals surface area contributed by atoms with Crippen molar-refractivity contribution in [1.29, 1.82) is 0 Å². The van der Waals surface area contributed by atoms with Gasteiger partial charge in [0.05, 0.1) is 26.4 Å². The van der Waals surface area contributed by atoms with Crippen LogP contribution in [-0.4, -0.2) is 96.7 Å². The third kappa shape index (κ3) is 65.1. The van der Waals surface area contributed by atoms with E-state index in [1.54, 1.807) is 0 Å². The van der Waals surface area contributed by atoms with Crippen molar-refractivity contribution in [2.75, 3.05) is 39.6 Å². The van der Waals surface area contributed by atoms with E-state index in [1.165, 1.54) is 154 Å². The van der Waals surface area contributed by atoms with E-state index in [4.69, 9.17) is 37.0 Å². The van der Waals surface area contributed by atoms with Gasteiger partial charge < -0.3 is 33.8 Å². The van der Waals surface area contributed by atoms with E-state index in [0.29, 0.717) is 43.4 Å². The third-order valence-electron chi connectivity index (χ3n) is 16.9. The third-order valence-corrected chi connectivity index (χ3v) is 18.8. The Bertz CT molecular complexity index is 1800. The molecule has 4 unspecified atom stereocenters. The molecule has 0 spiro atoms. The highest BCUT2D eigenvalue weighted by Crippen LogP contribution is 2.45. The van der Waals surface area contributed by atoms with Crippen LogP contribution < -0.4 is 0 Å². The Balaban J connectivity index is 5.08. The molecule has 91 heavy (non-hydrogen) atoms. The summed E-state index contributed by atoms with van der Waals surface area (Å²) in [5, 5.41) is 10.6. The van der Waals surface area contributed by atoms with Crippen molar-refractivity contribution in [3.63, 3.8) is 0 Å². The van der Waals surface area contributed by atoms with Crippen LogP contribution >= 0.6 is 15.6 Å². The van der Waals surface area contributed by atoms with Gasteiger partial charge in [0.15, 0.2) is 12.2 Å². The fourth-order valence-corrected chi connectivity index (χ4v) is 12.4. The fourth-order valence-electron chi connectivity index (χ4n) is 10.8. The van der Waals surface area contributed by atoms with Crippen molar-refractivity contribution in [3.8, 4) is 0 Å². The Labute approximate surface area is 556 Å². The molecule has 0 heterocycles. The maximum Gasteiger partial charge on any atom is 0.472 e. The summed E-state index contributed by atoms with van der Waals surface area (Å²) in [6.07, 6.45) is 45.0. The van der Waals surface area contributed by atoms with E-state index in [2.05, 4.69) is 55.4 Å².